The predicted octanol–water partition coefficient (Wildman–Crippen LogP) is 3.30. The third kappa shape index (κ3) is 4.43. The first-order valence-electron chi connectivity index (χ1n) is 6.96. The lowest BCUT2D eigenvalue weighted by Gasteiger charge is -2.41. The molecule has 0 amide bonds. The van der Waals surface area contributed by atoms with Crippen molar-refractivity contribution in [2.45, 2.75) is 25.9 Å². The lowest BCUT2D eigenvalue weighted by Crippen LogP contribution is -2.54. The van der Waals surface area contributed by atoms with Crippen LogP contribution in [0.1, 0.15) is 19.4 Å². The molecule has 1 fully saturated rings. The quantitative estimate of drug-likeness (QED) is 0.871. The predicted molar refractivity (Wildman–Crippen MR) is 87.3 cm³/mol. The van der Waals surface area contributed by atoms with Gasteiger partial charge in [0.05, 0.1) is 13.2 Å². The first-order chi connectivity index (χ1) is 9.49. The normalized spacial score (nSPS) is 17.4. The van der Waals surface area contributed by atoms with Gasteiger partial charge in [-0.2, -0.15) is 0 Å². The maximum absolute atomic E-state index is 6.04. The summed E-state index contributed by atoms with van der Waals surface area (Å²) in [6.45, 7) is 10.00. The summed E-state index contributed by atoms with van der Waals surface area (Å²) in [4.78, 5) is 2.48. The summed E-state index contributed by atoms with van der Waals surface area (Å²) in [7, 11) is 0. The number of nitrogens with zero attached hydrogens (tertiary/aromatic N) is 1. The Morgan fingerprint density at radius 2 is 2.05 bits per heavy atom. The molecule has 0 spiro atoms. The molecule has 1 saturated heterocycles. The Hall–Kier alpha value is -0.130. The Labute approximate surface area is 134 Å². The number of rotatable bonds is 5. The summed E-state index contributed by atoms with van der Waals surface area (Å²) in [5.74, 6) is 0. The van der Waals surface area contributed by atoms with Crippen molar-refractivity contribution in [3.8, 4) is 0 Å². The molecule has 0 aromatic heterocycles. The molecular weight excluding hydrogens is 340 g/mol. The van der Waals surface area contributed by atoms with Gasteiger partial charge in [-0.3, -0.25) is 4.90 Å². The molecule has 0 aliphatic carbocycles. The van der Waals surface area contributed by atoms with Gasteiger partial charge in [-0.25, -0.2) is 0 Å². The van der Waals surface area contributed by atoms with Crippen LogP contribution in [0.4, 0.5) is 0 Å². The van der Waals surface area contributed by atoms with Gasteiger partial charge in [0.25, 0.3) is 0 Å². The second kappa shape index (κ2) is 7.23. The minimum atomic E-state index is 0.134. The van der Waals surface area contributed by atoms with Crippen LogP contribution < -0.4 is 5.32 Å². The van der Waals surface area contributed by atoms with E-state index in [-0.39, 0.29) is 5.54 Å². The Morgan fingerprint density at radius 1 is 1.35 bits per heavy atom. The Kier molecular flexibility index (Phi) is 5.87. The van der Waals surface area contributed by atoms with E-state index in [4.69, 9.17) is 16.3 Å². The molecule has 1 aliphatic heterocycles. The summed E-state index contributed by atoms with van der Waals surface area (Å²) in [5, 5.41) is 4.31. The molecule has 20 heavy (non-hydrogen) atoms. The number of hydrogen-bond donors (Lipinski definition) is 1. The summed E-state index contributed by atoms with van der Waals surface area (Å²) >= 11 is 9.60. The van der Waals surface area contributed by atoms with Gasteiger partial charge in [0.1, 0.15) is 0 Å². The van der Waals surface area contributed by atoms with E-state index < -0.39 is 0 Å². The average Bonchev–Trinajstić information content (AvgIpc) is 2.43. The maximum Gasteiger partial charge on any atom is 0.0594 e. The smallest absolute Gasteiger partial charge is 0.0594 e. The number of morpholine rings is 1. The number of ether oxygens (including phenoxy) is 1. The van der Waals surface area contributed by atoms with E-state index in [9.17, 15) is 0 Å². The van der Waals surface area contributed by atoms with E-state index in [2.05, 4.69) is 40.0 Å². The molecule has 112 valence electrons. The van der Waals surface area contributed by atoms with Gasteiger partial charge >= 0.3 is 0 Å². The zero-order valence-electron chi connectivity index (χ0n) is 12.1. The third-order valence-corrected chi connectivity index (χ3v) is 4.76. The van der Waals surface area contributed by atoms with Crippen molar-refractivity contribution in [3.05, 3.63) is 33.3 Å². The van der Waals surface area contributed by atoms with E-state index in [0.29, 0.717) is 0 Å². The summed E-state index contributed by atoms with van der Waals surface area (Å²) in [5.41, 5.74) is 1.32. The SMILES string of the molecule is CC(C)(CNCc1cc(Cl)ccc1Br)N1CCOCC1. The average molecular weight is 362 g/mol. The van der Waals surface area contributed by atoms with Crippen LogP contribution in [0.15, 0.2) is 22.7 Å². The fourth-order valence-corrected chi connectivity index (χ4v) is 3.04. The number of benzene rings is 1. The highest BCUT2D eigenvalue weighted by molar-refractivity contribution is 9.10. The van der Waals surface area contributed by atoms with Crippen LogP contribution in [-0.4, -0.2) is 43.3 Å². The van der Waals surface area contributed by atoms with Gasteiger partial charge in [-0.15, -0.1) is 0 Å². The van der Waals surface area contributed by atoms with Crippen molar-refractivity contribution >= 4 is 27.5 Å². The molecule has 1 aliphatic rings. The van der Waals surface area contributed by atoms with Gasteiger partial charge in [-0.1, -0.05) is 27.5 Å². The molecule has 0 saturated carbocycles. The first-order valence-corrected chi connectivity index (χ1v) is 8.13. The molecule has 1 aromatic rings. The second-order valence-corrected chi connectivity index (χ2v) is 7.04. The third-order valence-electron chi connectivity index (χ3n) is 3.75. The molecule has 5 heteroatoms. The summed E-state index contributed by atoms with van der Waals surface area (Å²) in [6, 6.07) is 5.89. The molecule has 0 atom stereocenters. The molecule has 0 unspecified atom stereocenters. The van der Waals surface area contributed by atoms with Gasteiger partial charge in [0.2, 0.25) is 0 Å². The lowest BCUT2D eigenvalue weighted by atomic mass is 10.0. The van der Waals surface area contributed by atoms with Crippen molar-refractivity contribution in [1.29, 1.82) is 0 Å². The highest BCUT2D eigenvalue weighted by Crippen LogP contribution is 2.21. The molecule has 2 rings (SSSR count). The van der Waals surface area contributed by atoms with Gasteiger partial charge in [0, 0.05) is 41.2 Å². The van der Waals surface area contributed by atoms with E-state index in [1.807, 2.05) is 18.2 Å². The fraction of sp³-hybridized carbons (Fsp3) is 0.600. The van der Waals surface area contributed by atoms with Crippen LogP contribution in [0, 0.1) is 0 Å². The van der Waals surface area contributed by atoms with E-state index in [1.54, 1.807) is 0 Å². The largest absolute Gasteiger partial charge is 0.379 e. The molecule has 0 radical (unpaired) electrons. The van der Waals surface area contributed by atoms with Crippen LogP contribution in [0.25, 0.3) is 0 Å². The van der Waals surface area contributed by atoms with E-state index in [1.165, 1.54) is 5.56 Å². The molecule has 1 aromatic carbocycles. The summed E-state index contributed by atoms with van der Waals surface area (Å²) < 4.78 is 6.51. The summed E-state index contributed by atoms with van der Waals surface area (Å²) in [6.07, 6.45) is 0. The Balaban J connectivity index is 1.86. The van der Waals surface area contributed by atoms with Gasteiger partial charge in [-0.05, 0) is 37.6 Å². The number of hydrogen-bond acceptors (Lipinski definition) is 3. The monoisotopic (exact) mass is 360 g/mol. The van der Waals surface area contributed by atoms with Crippen molar-refractivity contribution in [2.75, 3.05) is 32.8 Å². The van der Waals surface area contributed by atoms with Crippen molar-refractivity contribution in [3.63, 3.8) is 0 Å². The van der Waals surface area contributed by atoms with Crippen LogP contribution in [-0.2, 0) is 11.3 Å². The molecule has 0 bridgehead atoms. The molecule has 3 nitrogen and oxygen atoms in total. The van der Waals surface area contributed by atoms with Crippen LogP contribution in [0.5, 0.6) is 0 Å². The fourth-order valence-electron chi connectivity index (χ4n) is 2.46. The standard InChI is InChI=1S/C15H22BrClN2O/c1-15(2,19-5-7-20-8-6-19)11-18-10-12-9-13(17)3-4-14(12)16/h3-4,9,18H,5-8,10-11H2,1-2H3. The maximum atomic E-state index is 6.04. The zero-order valence-corrected chi connectivity index (χ0v) is 14.4. The lowest BCUT2D eigenvalue weighted by molar-refractivity contribution is -0.00967. The second-order valence-electron chi connectivity index (χ2n) is 5.75. The van der Waals surface area contributed by atoms with E-state index >= 15 is 0 Å². The molecule has 1 heterocycles. The highest BCUT2D eigenvalue weighted by Gasteiger charge is 2.27. The van der Waals surface area contributed by atoms with Gasteiger partial charge < -0.3 is 10.1 Å². The number of nitrogens with one attached hydrogen (secondary N) is 1. The first kappa shape index (κ1) is 16.2. The number of halogens is 2. The van der Waals surface area contributed by atoms with Crippen LogP contribution in [0.3, 0.4) is 0 Å². The van der Waals surface area contributed by atoms with Gasteiger partial charge in [0.15, 0.2) is 0 Å². The Bertz CT molecular complexity index is 447. The topological polar surface area (TPSA) is 24.5 Å². The van der Waals surface area contributed by atoms with Crippen LogP contribution >= 0.6 is 27.5 Å². The van der Waals surface area contributed by atoms with E-state index in [0.717, 1.165) is 48.9 Å². The minimum absolute atomic E-state index is 0.134. The highest BCUT2D eigenvalue weighted by atomic mass is 79.9. The molecular formula is C15H22BrClN2O. The Morgan fingerprint density at radius 3 is 2.75 bits per heavy atom. The minimum Gasteiger partial charge on any atom is -0.379 e. The van der Waals surface area contributed by atoms with Crippen molar-refractivity contribution < 1.29 is 4.74 Å². The van der Waals surface area contributed by atoms with Crippen molar-refractivity contribution in [2.24, 2.45) is 0 Å². The van der Waals surface area contributed by atoms with Crippen molar-refractivity contribution in [1.82, 2.24) is 10.2 Å². The molecule has 1 N–H and O–H groups in total. The zero-order chi connectivity index (χ0) is 14.6. The van der Waals surface area contributed by atoms with Crippen LogP contribution in [0.2, 0.25) is 5.02 Å².